The Balaban J connectivity index is 1.94. The van der Waals surface area contributed by atoms with Gasteiger partial charge < -0.3 is 19.7 Å². The van der Waals surface area contributed by atoms with Crippen molar-refractivity contribution in [2.45, 2.75) is 24.9 Å². The average Bonchev–Trinajstić information content (AvgIpc) is 3.00. The highest BCUT2D eigenvalue weighted by Gasteiger charge is 2.35. The molecule has 1 aliphatic rings. The average molecular weight is 266 g/mol. The van der Waals surface area contributed by atoms with E-state index in [4.69, 9.17) is 14.6 Å². The molecule has 0 bridgehead atoms. The molecule has 1 saturated heterocycles. The summed E-state index contributed by atoms with van der Waals surface area (Å²) in [7, 11) is 1.52. The van der Waals surface area contributed by atoms with Crippen LogP contribution in [-0.4, -0.2) is 55.9 Å². The zero-order valence-electron chi connectivity index (χ0n) is 10.3. The van der Waals surface area contributed by atoms with E-state index in [1.807, 2.05) is 0 Å². The molecule has 102 valence electrons. The van der Waals surface area contributed by atoms with Gasteiger partial charge in [0.1, 0.15) is 17.8 Å². The van der Waals surface area contributed by atoms with Crippen LogP contribution in [0, 0.1) is 0 Å². The second-order valence-corrected chi connectivity index (χ2v) is 4.34. The maximum absolute atomic E-state index is 9.72. The van der Waals surface area contributed by atoms with Crippen LogP contribution in [0.4, 0.5) is 0 Å². The van der Waals surface area contributed by atoms with Crippen LogP contribution in [0.1, 0.15) is 12.6 Å². The van der Waals surface area contributed by atoms with Gasteiger partial charge >= 0.3 is 0 Å². The van der Waals surface area contributed by atoms with Crippen molar-refractivity contribution in [2.24, 2.45) is 0 Å². The van der Waals surface area contributed by atoms with Crippen LogP contribution in [0.15, 0.2) is 12.5 Å². The van der Waals surface area contributed by atoms with Gasteiger partial charge in [-0.25, -0.2) is 14.6 Å². The minimum atomic E-state index is -0.699. The third-order valence-electron chi connectivity index (χ3n) is 3.17. The van der Waals surface area contributed by atoms with Crippen LogP contribution >= 0.6 is 0 Å². The van der Waals surface area contributed by atoms with E-state index in [1.165, 1.54) is 13.4 Å². The number of aliphatic hydroxyl groups excluding tert-OH is 2. The lowest BCUT2D eigenvalue weighted by atomic mass is 10.2. The quantitative estimate of drug-likeness (QED) is 0.770. The Bertz CT molecular complexity index is 587. The molecule has 3 rings (SSSR count). The SMILES string of the molecule is COc1ncnc2nn([C@H]3C[C@H](O)[C@@H](CO)O3)cc12. The molecule has 2 aromatic rings. The largest absolute Gasteiger partial charge is 0.480 e. The van der Waals surface area contributed by atoms with E-state index >= 15 is 0 Å². The molecule has 0 aliphatic carbocycles. The first-order valence-corrected chi connectivity index (χ1v) is 5.91. The summed E-state index contributed by atoms with van der Waals surface area (Å²) in [6, 6.07) is 0. The number of hydrogen-bond acceptors (Lipinski definition) is 7. The molecule has 8 heteroatoms. The van der Waals surface area contributed by atoms with Crippen molar-refractivity contribution in [3.05, 3.63) is 12.5 Å². The normalized spacial score (nSPS) is 27.0. The van der Waals surface area contributed by atoms with Gasteiger partial charge in [0, 0.05) is 12.6 Å². The Morgan fingerprint density at radius 2 is 2.37 bits per heavy atom. The second kappa shape index (κ2) is 4.72. The highest BCUT2D eigenvalue weighted by atomic mass is 16.5. The van der Waals surface area contributed by atoms with Crippen molar-refractivity contribution >= 4 is 11.0 Å². The predicted molar refractivity (Wildman–Crippen MR) is 63.5 cm³/mol. The summed E-state index contributed by atoms with van der Waals surface area (Å²) in [6.45, 7) is -0.221. The van der Waals surface area contributed by atoms with Gasteiger partial charge in [-0.1, -0.05) is 0 Å². The molecule has 3 atom stereocenters. The summed E-state index contributed by atoms with van der Waals surface area (Å²) in [5.74, 6) is 0.438. The molecule has 8 nitrogen and oxygen atoms in total. The zero-order chi connectivity index (χ0) is 13.4. The number of hydrogen-bond donors (Lipinski definition) is 2. The Morgan fingerprint density at radius 3 is 3.05 bits per heavy atom. The van der Waals surface area contributed by atoms with Gasteiger partial charge in [-0.15, -0.1) is 5.10 Å². The van der Waals surface area contributed by atoms with Gasteiger partial charge in [-0.3, -0.25) is 0 Å². The van der Waals surface area contributed by atoms with Gasteiger partial charge in [0.15, 0.2) is 11.9 Å². The topological polar surface area (TPSA) is 103 Å². The van der Waals surface area contributed by atoms with E-state index in [2.05, 4.69) is 15.1 Å². The van der Waals surface area contributed by atoms with Crippen LogP contribution < -0.4 is 4.74 Å². The lowest BCUT2D eigenvalue weighted by Crippen LogP contribution is -2.24. The van der Waals surface area contributed by atoms with Crippen molar-refractivity contribution in [1.82, 2.24) is 19.7 Å². The molecule has 0 spiro atoms. The lowest BCUT2D eigenvalue weighted by Gasteiger charge is -2.11. The highest BCUT2D eigenvalue weighted by molar-refractivity contribution is 5.79. The summed E-state index contributed by atoms with van der Waals surface area (Å²) in [6.07, 6.45) is 1.76. The molecular formula is C11H14N4O4. The monoisotopic (exact) mass is 266 g/mol. The zero-order valence-corrected chi connectivity index (χ0v) is 10.3. The molecule has 2 aromatic heterocycles. The fourth-order valence-electron chi connectivity index (χ4n) is 2.19. The number of ether oxygens (including phenoxy) is 2. The fraction of sp³-hybridized carbons (Fsp3) is 0.545. The molecule has 0 aromatic carbocycles. The Hall–Kier alpha value is -1.77. The van der Waals surface area contributed by atoms with Crippen molar-refractivity contribution < 1.29 is 19.7 Å². The fourth-order valence-corrected chi connectivity index (χ4v) is 2.19. The third-order valence-corrected chi connectivity index (χ3v) is 3.17. The Kier molecular flexibility index (Phi) is 3.05. The number of aliphatic hydroxyl groups is 2. The third kappa shape index (κ3) is 2.03. The number of nitrogens with zero attached hydrogens (tertiary/aromatic N) is 4. The minimum Gasteiger partial charge on any atom is -0.480 e. The van der Waals surface area contributed by atoms with E-state index in [-0.39, 0.29) is 6.61 Å². The number of fused-ring (bicyclic) bond motifs is 1. The first-order chi connectivity index (χ1) is 9.22. The number of methoxy groups -OCH3 is 1. The molecule has 0 radical (unpaired) electrons. The molecular weight excluding hydrogens is 252 g/mol. The first-order valence-electron chi connectivity index (χ1n) is 5.91. The standard InChI is InChI=1S/C11H14N4O4/c1-18-11-6-3-15(14-10(6)12-5-13-11)9-2-7(17)8(4-16)19-9/h3,5,7-9,16-17H,2,4H2,1H3/t7-,8+,9+/m0/s1. The van der Waals surface area contributed by atoms with Gasteiger partial charge in [0.25, 0.3) is 0 Å². The molecule has 1 fully saturated rings. The summed E-state index contributed by atoms with van der Waals surface area (Å²) in [5.41, 5.74) is 0.498. The van der Waals surface area contributed by atoms with E-state index in [1.54, 1.807) is 10.9 Å². The molecule has 19 heavy (non-hydrogen) atoms. The minimum absolute atomic E-state index is 0.221. The molecule has 2 N–H and O–H groups in total. The maximum Gasteiger partial charge on any atom is 0.227 e. The predicted octanol–water partition coefficient (Wildman–Crippen LogP) is -0.524. The molecule has 1 aliphatic heterocycles. The van der Waals surface area contributed by atoms with Gasteiger partial charge in [-0.2, -0.15) is 0 Å². The highest BCUT2D eigenvalue weighted by Crippen LogP contribution is 2.30. The van der Waals surface area contributed by atoms with E-state index in [0.717, 1.165) is 0 Å². The first kappa shape index (κ1) is 12.3. The van der Waals surface area contributed by atoms with Crippen LogP contribution in [0.2, 0.25) is 0 Å². The summed E-state index contributed by atoms with van der Waals surface area (Å²) < 4.78 is 12.2. The number of rotatable bonds is 3. The summed E-state index contributed by atoms with van der Waals surface area (Å²) in [4.78, 5) is 8.04. The van der Waals surface area contributed by atoms with Crippen molar-refractivity contribution in [3.63, 3.8) is 0 Å². The summed E-state index contributed by atoms with van der Waals surface area (Å²) >= 11 is 0. The Labute approximate surface area is 108 Å². The molecule has 0 amide bonds. The Morgan fingerprint density at radius 1 is 1.53 bits per heavy atom. The molecule has 3 heterocycles. The van der Waals surface area contributed by atoms with Crippen LogP contribution in [0.25, 0.3) is 11.0 Å². The van der Waals surface area contributed by atoms with E-state index in [0.29, 0.717) is 23.3 Å². The molecule has 0 unspecified atom stereocenters. The van der Waals surface area contributed by atoms with Crippen LogP contribution in [-0.2, 0) is 4.74 Å². The van der Waals surface area contributed by atoms with Gasteiger partial charge in [0.05, 0.1) is 19.8 Å². The van der Waals surface area contributed by atoms with Crippen LogP contribution in [0.5, 0.6) is 5.88 Å². The second-order valence-electron chi connectivity index (χ2n) is 4.34. The van der Waals surface area contributed by atoms with E-state index in [9.17, 15) is 5.11 Å². The van der Waals surface area contributed by atoms with E-state index < -0.39 is 18.4 Å². The smallest absolute Gasteiger partial charge is 0.227 e. The lowest BCUT2D eigenvalue weighted by molar-refractivity contribution is -0.0482. The van der Waals surface area contributed by atoms with Crippen molar-refractivity contribution in [1.29, 1.82) is 0 Å². The molecule has 0 saturated carbocycles. The summed E-state index contributed by atoms with van der Waals surface area (Å²) in [5, 5.41) is 23.7. The van der Waals surface area contributed by atoms with Crippen LogP contribution in [0.3, 0.4) is 0 Å². The van der Waals surface area contributed by atoms with Gasteiger partial charge in [0.2, 0.25) is 5.88 Å². The maximum atomic E-state index is 9.72. The number of aromatic nitrogens is 4. The van der Waals surface area contributed by atoms with Crippen molar-refractivity contribution in [2.75, 3.05) is 13.7 Å². The van der Waals surface area contributed by atoms with Crippen molar-refractivity contribution in [3.8, 4) is 5.88 Å². The van der Waals surface area contributed by atoms with Gasteiger partial charge in [-0.05, 0) is 0 Å².